The van der Waals surface area contributed by atoms with Gasteiger partial charge in [0.05, 0.1) is 11.1 Å². The summed E-state index contributed by atoms with van der Waals surface area (Å²) in [6.07, 6.45) is 10.5. The second kappa shape index (κ2) is 19.9. The highest BCUT2D eigenvalue weighted by Gasteiger charge is 2.38. The monoisotopic (exact) mass is 860 g/mol. The van der Waals surface area contributed by atoms with Gasteiger partial charge in [-0.25, -0.2) is 8.78 Å². The van der Waals surface area contributed by atoms with Gasteiger partial charge in [-0.2, -0.15) is 0 Å². The zero-order valence-corrected chi connectivity index (χ0v) is 37.6. The molecule has 63 heavy (non-hydrogen) atoms. The van der Waals surface area contributed by atoms with E-state index in [-0.39, 0.29) is 28.5 Å². The third-order valence-electron chi connectivity index (χ3n) is 12.9. The Morgan fingerprint density at radius 1 is 1.03 bits per heavy atom. The molecule has 0 atom stereocenters. The summed E-state index contributed by atoms with van der Waals surface area (Å²) in [5.41, 5.74) is 7.26. The van der Waals surface area contributed by atoms with Gasteiger partial charge in [-0.1, -0.05) is 36.8 Å². The van der Waals surface area contributed by atoms with Crippen molar-refractivity contribution in [2.45, 2.75) is 72.3 Å². The Kier molecular flexibility index (Phi) is 14.4. The van der Waals surface area contributed by atoms with Gasteiger partial charge in [0.25, 0.3) is 11.5 Å². The molecule has 1 fully saturated rings. The van der Waals surface area contributed by atoms with E-state index in [2.05, 4.69) is 55.9 Å². The van der Waals surface area contributed by atoms with Gasteiger partial charge >= 0.3 is 0 Å². The maximum Gasteiger partial charge on any atom is 0.257 e. The van der Waals surface area contributed by atoms with Crippen LogP contribution < -0.4 is 21.5 Å². The quantitative estimate of drug-likeness (QED) is 0.0987. The topological polar surface area (TPSA) is 115 Å². The van der Waals surface area contributed by atoms with Crippen LogP contribution in [0.1, 0.15) is 91.7 Å². The lowest BCUT2D eigenvalue weighted by atomic mass is 9.85. The molecule has 0 aliphatic carbocycles. The molecule has 0 saturated carbocycles. The molecule has 4 aromatic rings. The van der Waals surface area contributed by atoms with E-state index in [0.717, 1.165) is 91.4 Å². The van der Waals surface area contributed by atoms with Crippen LogP contribution in [0.5, 0.6) is 0 Å². The van der Waals surface area contributed by atoms with Crippen LogP contribution >= 0.6 is 0 Å². The van der Waals surface area contributed by atoms with E-state index in [1.807, 2.05) is 52.0 Å². The molecule has 0 unspecified atom stereocenters. The number of amides is 2. The minimum Gasteiger partial charge on any atom is -0.388 e. The van der Waals surface area contributed by atoms with Gasteiger partial charge in [0.15, 0.2) is 0 Å². The molecule has 334 valence electrons. The Balaban J connectivity index is 0.882. The number of nitrogens with one attached hydrogen (secondary N) is 3. The molecule has 2 aromatic carbocycles. The summed E-state index contributed by atoms with van der Waals surface area (Å²) in [6.45, 7) is 17.3. The second-order valence-electron chi connectivity index (χ2n) is 17.9. The molecule has 2 amide bonds. The normalized spacial score (nSPS) is 16.9. The predicted molar refractivity (Wildman–Crippen MR) is 248 cm³/mol. The third-order valence-corrected chi connectivity index (χ3v) is 12.9. The molecule has 2 aromatic heterocycles. The Morgan fingerprint density at radius 3 is 2.48 bits per heavy atom. The van der Waals surface area contributed by atoms with Crippen LogP contribution in [0.3, 0.4) is 0 Å². The molecule has 1 saturated heterocycles. The Labute approximate surface area is 370 Å². The van der Waals surface area contributed by atoms with Crippen molar-refractivity contribution in [1.82, 2.24) is 29.6 Å². The number of hydrogen-bond acceptors (Lipinski definition) is 8. The molecule has 13 heteroatoms. The summed E-state index contributed by atoms with van der Waals surface area (Å²) in [6, 6.07) is 13.9. The zero-order valence-electron chi connectivity index (χ0n) is 37.6. The fourth-order valence-electron chi connectivity index (χ4n) is 9.14. The first-order valence-corrected chi connectivity index (χ1v) is 22.4. The van der Waals surface area contributed by atoms with Crippen molar-refractivity contribution in [3.8, 4) is 5.69 Å². The van der Waals surface area contributed by atoms with Crippen LogP contribution in [-0.2, 0) is 16.8 Å². The van der Waals surface area contributed by atoms with E-state index >= 15 is 8.78 Å². The van der Waals surface area contributed by atoms with Crippen LogP contribution in [-0.4, -0.2) is 102 Å². The molecule has 0 radical (unpaired) electrons. The van der Waals surface area contributed by atoms with E-state index in [1.54, 1.807) is 35.0 Å². The second-order valence-corrected chi connectivity index (χ2v) is 17.9. The van der Waals surface area contributed by atoms with Crippen LogP contribution in [0.25, 0.3) is 17.3 Å². The summed E-state index contributed by atoms with van der Waals surface area (Å²) in [4.78, 5) is 49.7. The average Bonchev–Trinajstić information content (AvgIpc) is 3.49. The summed E-state index contributed by atoms with van der Waals surface area (Å²) < 4.78 is 33.0. The molecule has 0 bridgehead atoms. The lowest BCUT2D eigenvalue weighted by Crippen LogP contribution is -2.41. The molecule has 5 heterocycles. The Hall–Kier alpha value is -5.50. The number of carbonyl (C=O) groups excluding carboxylic acids is 2. The van der Waals surface area contributed by atoms with Crippen LogP contribution in [0.15, 0.2) is 77.4 Å². The van der Waals surface area contributed by atoms with Gasteiger partial charge in [-0.3, -0.25) is 33.7 Å². The lowest BCUT2D eigenvalue weighted by molar-refractivity contribution is -0.119. The molecular weight excluding hydrogens is 799 g/mol. The average molecular weight is 861 g/mol. The molecule has 3 aliphatic heterocycles. The number of rotatable bonds is 16. The fourth-order valence-corrected chi connectivity index (χ4v) is 9.14. The van der Waals surface area contributed by atoms with Gasteiger partial charge in [0.1, 0.15) is 11.6 Å². The standard InChI is InChI=1S/C50H62F2N8O3/c1-7-18-57(32-36-8-9-44-41(26-36)50(4,5)49(63)56-44)24-17-54-30-35-11-21-59(22-12-35)48(62)38-27-42(51)47(43(52)28-38)37-13-19-58(20-14-37)31-33(2)25-40-34(3)55-16-10-45(40)60-23-15-39(53-6)29-46(60)61/h8-10,13,15-16,23,25-29,35,53-54H,7,11-12,14,17-22,24,30-32H2,1-6H3,(H,56,63)/b33-25+. The van der Waals surface area contributed by atoms with E-state index in [4.69, 9.17) is 0 Å². The van der Waals surface area contributed by atoms with Crippen molar-refractivity contribution in [2.24, 2.45) is 5.92 Å². The highest BCUT2D eigenvalue weighted by atomic mass is 19.1. The number of piperidine rings is 1. The third kappa shape index (κ3) is 10.5. The van der Waals surface area contributed by atoms with Crippen molar-refractivity contribution < 1.29 is 18.4 Å². The number of aryl methyl sites for hydroxylation is 1. The molecule has 0 spiro atoms. The fraction of sp³-hybridized carbons (Fsp3) is 0.440. The smallest absolute Gasteiger partial charge is 0.257 e. The SMILES string of the molecule is CCCN(CCNCC1CCN(C(=O)c2cc(F)c(C3=CCN(C/C(C)=C/c4c(-n5ccc(NC)cc5=O)ccnc4C)CC3)c(F)c2)CC1)Cc1ccc2c(c1)C(C)(C)C(=O)N2. The largest absolute Gasteiger partial charge is 0.388 e. The van der Waals surface area contributed by atoms with Gasteiger partial charge in [-0.05, 0) is 119 Å². The first kappa shape index (κ1) is 45.5. The van der Waals surface area contributed by atoms with E-state index < -0.39 is 17.0 Å². The number of aromatic nitrogens is 2. The summed E-state index contributed by atoms with van der Waals surface area (Å²) in [7, 11) is 1.77. The molecule has 7 rings (SSSR count). The van der Waals surface area contributed by atoms with Crippen LogP contribution in [0.2, 0.25) is 0 Å². The molecule has 3 N–H and O–H groups in total. The molecule has 11 nitrogen and oxygen atoms in total. The van der Waals surface area contributed by atoms with E-state index in [0.29, 0.717) is 50.6 Å². The molecular formula is C50H62F2N8O3. The number of pyridine rings is 2. The number of fused-ring (bicyclic) bond motifs is 1. The molecule has 3 aliphatic rings. The van der Waals surface area contributed by atoms with Gasteiger partial charge in [0.2, 0.25) is 5.91 Å². The number of benzene rings is 2. The number of halogens is 2. The van der Waals surface area contributed by atoms with Gasteiger partial charge in [0, 0.05) is 112 Å². The maximum absolute atomic E-state index is 15.7. The van der Waals surface area contributed by atoms with Crippen LogP contribution in [0.4, 0.5) is 20.2 Å². The highest BCUT2D eigenvalue weighted by Crippen LogP contribution is 2.38. The Bertz CT molecular complexity index is 2430. The number of nitrogens with zero attached hydrogens (tertiary/aromatic N) is 5. The number of anilines is 2. The number of likely N-dealkylation sites (tertiary alicyclic amines) is 1. The number of carbonyl (C=O) groups is 2. The van der Waals surface area contributed by atoms with Crippen molar-refractivity contribution in [3.05, 3.63) is 128 Å². The highest BCUT2D eigenvalue weighted by molar-refractivity contribution is 6.05. The Morgan fingerprint density at radius 2 is 1.79 bits per heavy atom. The van der Waals surface area contributed by atoms with Crippen molar-refractivity contribution in [2.75, 3.05) is 76.6 Å². The van der Waals surface area contributed by atoms with Gasteiger partial charge in [-0.15, -0.1) is 0 Å². The van der Waals surface area contributed by atoms with Crippen LogP contribution in [0, 0.1) is 24.5 Å². The van der Waals surface area contributed by atoms with Crippen molar-refractivity contribution in [1.29, 1.82) is 0 Å². The van der Waals surface area contributed by atoms with Crippen molar-refractivity contribution >= 4 is 34.8 Å². The van der Waals surface area contributed by atoms with E-state index in [9.17, 15) is 14.4 Å². The first-order valence-electron chi connectivity index (χ1n) is 22.4. The number of hydrogen-bond donors (Lipinski definition) is 3. The maximum atomic E-state index is 15.7. The summed E-state index contributed by atoms with van der Waals surface area (Å²) >= 11 is 0. The minimum atomic E-state index is -0.713. The van der Waals surface area contributed by atoms with Gasteiger partial charge < -0.3 is 20.9 Å². The predicted octanol–water partition coefficient (Wildman–Crippen LogP) is 7.64. The van der Waals surface area contributed by atoms with E-state index in [1.165, 1.54) is 17.7 Å². The first-order chi connectivity index (χ1) is 30.2. The minimum absolute atomic E-state index is 0.0382. The zero-order chi connectivity index (χ0) is 44.8. The summed E-state index contributed by atoms with van der Waals surface area (Å²) in [5, 5.41) is 9.62. The lowest BCUT2D eigenvalue weighted by Gasteiger charge is -2.32. The van der Waals surface area contributed by atoms with Crippen molar-refractivity contribution in [3.63, 3.8) is 0 Å². The summed E-state index contributed by atoms with van der Waals surface area (Å²) in [5.74, 6) is -1.31.